The van der Waals surface area contributed by atoms with Gasteiger partial charge in [-0.15, -0.1) is 36.2 Å². The lowest BCUT2D eigenvalue weighted by atomic mass is 10.0. The SMILES string of the molecule is Cl.Cl.N=C(N)c1ccc2sc(C(C/C=C/c3ccc4c(c3)CNC4)C(=O)O)cc2c1. The number of amidine groups is 1. The summed E-state index contributed by atoms with van der Waals surface area (Å²) in [6, 6.07) is 13.8. The number of thiophene rings is 1. The summed E-state index contributed by atoms with van der Waals surface area (Å²) >= 11 is 1.48. The third-order valence-corrected chi connectivity index (χ3v) is 6.26. The minimum atomic E-state index is -0.832. The summed E-state index contributed by atoms with van der Waals surface area (Å²) in [5, 5.41) is 21.5. The van der Waals surface area contributed by atoms with Crippen molar-refractivity contribution in [2.45, 2.75) is 25.4 Å². The second-order valence-corrected chi connectivity index (χ2v) is 8.09. The van der Waals surface area contributed by atoms with Crippen molar-refractivity contribution in [2.24, 2.45) is 5.73 Å². The number of halogens is 2. The van der Waals surface area contributed by atoms with E-state index in [1.54, 1.807) is 6.07 Å². The Bertz CT molecular complexity index is 1110. The fourth-order valence-corrected chi connectivity index (χ4v) is 4.65. The quantitative estimate of drug-likeness (QED) is 0.308. The normalized spacial score (nSPS) is 13.5. The Morgan fingerprint density at radius 1 is 1.17 bits per heavy atom. The Morgan fingerprint density at radius 2 is 1.93 bits per heavy atom. The van der Waals surface area contributed by atoms with Crippen molar-refractivity contribution < 1.29 is 9.90 Å². The van der Waals surface area contributed by atoms with Gasteiger partial charge in [0.2, 0.25) is 0 Å². The van der Waals surface area contributed by atoms with E-state index < -0.39 is 11.9 Å². The summed E-state index contributed by atoms with van der Waals surface area (Å²) in [6.07, 6.45) is 4.36. The number of hydrogen-bond acceptors (Lipinski definition) is 4. The number of nitrogens with two attached hydrogens (primary N) is 1. The van der Waals surface area contributed by atoms with E-state index in [4.69, 9.17) is 11.1 Å². The molecule has 0 aliphatic carbocycles. The van der Waals surface area contributed by atoms with Crippen LogP contribution >= 0.6 is 36.2 Å². The van der Waals surface area contributed by atoms with E-state index in [-0.39, 0.29) is 30.6 Å². The number of aliphatic carboxylic acids is 1. The molecule has 1 aliphatic rings. The lowest BCUT2D eigenvalue weighted by molar-refractivity contribution is -0.138. The van der Waals surface area contributed by atoms with E-state index in [9.17, 15) is 9.90 Å². The van der Waals surface area contributed by atoms with Crippen LogP contribution in [0, 0.1) is 5.41 Å². The van der Waals surface area contributed by atoms with Gasteiger partial charge in [0.25, 0.3) is 0 Å². The maximum absolute atomic E-state index is 11.9. The van der Waals surface area contributed by atoms with Crippen molar-refractivity contribution >= 4 is 64.1 Å². The van der Waals surface area contributed by atoms with Crippen molar-refractivity contribution in [1.82, 2.24) is 5.32 Å². The van der Waals surface area contributed by atoms with Crippen molar-refractivity contribution in [3.63, 3.8) is 0 Å². The van der Waals surface area contributed by atoms with Gasteiger partial charge in [0, 0.05) is 28.2 Å². The highest BCUT2D eigenvalue weighted by atomic mass is 35.5. The summed E-state index contributed by atoms with van der Waals surface area (Å²) in [7, 11) is 0. The minimum Gasteiger partial charge on any atom is -0.481 e. The van der Waals surface area contributed by atoms with Crippen LogP contribution in [0.1, 0.15) is 39.5 Å². The van der Waals surface area contributed by atoms with Crippen LogP contribution in [-0.2, 0) is 17.9 Å². The van der Waals surface area contributed by atoms with Gasteiger partial charge in [-0.05, 0) is 52.8 Å². The number of fused-ring (bicyclic) bond motifs is 2. The second kappa shape index (κ2) is 10.1. The van der Waals surface area contributed by atoms with E-state index in [1.165, 1.54) is 22.5 Å². The molecule has 0 saturated carbocycles. The first-order chi connectivity index (χ1) is 13.5. The molecule has 0 saturated heterocycles. The highest BCUT2D eigenvalue weighted by molar-refractivity contribution is 7.19. The molecule has 5 N–H and O–H groups in total. The van der Waals surface area contributed by atoms with Crippen molar-refractivity contribution in [3.8, 4) is 0 Å². The van der Waals surface area contributed by atoms with Crippen LogP contribution in [0.5, 0.6) is 0 Å². The Kier molecular flexibility index (Phi) is 8.03. The topological polar surface area (TPSA) is 99.2 Å². The van der Waals surface area contributed by atoms with Crippen LogP contribution in [0.4, 0.5) is 0 Å². The van der Waals surface area contributed by atoms with Crippen molar-refractivity contribution in [1.29, 1.82) is 5.41 Å². The highest BCUT2D eigenvalue weighted by Crippen LogP contribution is 2.34. The first-order valence-corrected chi connectivity index (χ1v) is 9.92. The molecule has 0 spiro atoms. The number of rotatable bonds is 6. The molecule has 0 amide bonds. The van der Waals surface area contributed by atoms with Crippen LogP contribution < -0.4 is 11.1 Å². The van der Waals surface area contributed by atoms with Crippen LogP contribution in [0.25, 0.3) is 16.2 Å². The zero-order chi connectivity index (χ0) is 19.7. The number of hydrogen-bond donors (Lipinski definition) is 4. The van der Waals surface area contributed by atoms with E-state index >= 15 is 0 Å². The minimum absolute atomic E-state index is 0. The van der Waals surface area contributed by atoms with Crippen molar-refractivity contribution in [2.75, 3.05) is 0 Å². The molecular weight excluding hydrogens is 441 g/mol. The first kappa shape index (κ1) is 23.9. The molecule has 8 heteroatoms. The van der Waals surface area contributed by atoms with Crippen LogP contribution in [0.3, 0.4) is 0 Å². The van der Waals surface area contributed by atoms with E-state index in [2.05, 4.69) is 23.5 Å². The Hall–Kier alpha value is -2.38. The average molecular weight is 464 g/mol. The molecule has 0 bridgehead atoms. The van der Waals surface area contributed by atoms with Gasteiger partial charge in [-0.1, -0.05) is 30.4 Å². The Morgan fingerprint density at radius 3 is 2.67 bits per heavy atom. The number of allylic oxidation sites excluding steroid dienone is 1. The largest absolute Gasteiger partial charge is 0.481 e. The number of carboxylic acids is 1. The van der Waals surface area contributed by atoms with Gasteiger partial charge < -0.3 is 16.2 Å². The van der Waals surface area contributed by atoms with E-state index in [0.717, 1.165) is 33.6 Å². The number of carboxylic acid groups (broad SMARTS) is 1. The predicted molar refractivity (Wildman–Crippen MR) is 128 cm³/mol. The monoisotopic (exact) mass is 463 g/mol. The molecule has 158 valence electrons. The molecule has 2 aromatic carbocycles. The maximum atomic E-state index is 11.9. The van der Waals surface area contributed by atoms with E-state index in [0.29, 0.717) is 12.0 Å². The lowest BCUT2D eigenvalue weighted by Gasteiger charge is -2.07. The van der Waals surface area contributed by atoms with Gasteiger partial charge in [-0.3, -0.25) is 10.2 Å². The summed E-state index contributed by atoms with van der Waals surface area (Å²) in [5.74, 6) is -1.41. The van der Waals surface area contributed by atoms with Gasteiger partial charge in [0.1, 0.15) is 5.84 Å². The smallest absolute Gasteiger partial charge is 0.312 e. The number of carbonyl (C=O) groups is 1. The zero-order valence-electron chi connectivity index (χ0n) is 16.1. The van der Waals surface area contributed by atoms with Gasteiger partial charge >= 0.3 is 5.97 Å². The van der Waals surface area contributed by atoms with Crippen LogP contribution in [0.2, 0.25) is 0 Å². The van der Waals surface area contributed by atoms with Gasteiger partial charge in [-0.25, -0.2) is 0 Å². The van der Waals surface area contributed by atoms with Gasteiger partial charge in [0.05, 0.1) is 5.92 Å². The number of nitrogens with one attached hydrogen (secondary N) is 2. The molecule has 4 rings (SSSR count). The molecule has 1 aliphatic heterocycles. The van der Waals surface area contributed by atoms with Crippen LogP contribution in [0.15, 0.2) is 48.5 Å². The predicted octanol–water partition coefficient (Wildman–Crippen LogP) is 4.90. The first-order valence-electron chi connectivity index (χ1n) is 9.11. The summed E-state index contributed by atoms with van der Waals surface area (Å²) in [5.41, 5.74) is 9.93. The standard InChI is InChI=1S/C22H21N3O2S.2ClH/c23-21(24)14-6-7-19-16(9-14)10-20(28-19)18(22(26)27)3-1-2-13-4-5-15-11-25-12-17(15)8-13;;/h1-2,4-10,18,25H,3,11-12H2,(H3,23,24)(H,26,27);2*1H/b2-1+;;. The molecular formula is C22H23Cl2N3O2S. The molecule has 0 radical (unpaired) electrons. The molecule has 1 unspecified atom stereocenters. The average Bonchev–Trinajstić information content (AvgIpc) is 3.30. The molecule has 30 heavy (non-hydrogen) atoms. The maximum Gasteiger partial charge on any atom is 0.312 e. The summed E-state index contributed by atoms with van der Waals surface area (Å²) < 4.78 is 1.00. The molecule has 1 atom stereocenters. The Labute approximate surface area is 191 Å². The summed E-state index contributed by atoms with van der Waals surface area (Å²) in [6.45, 7) is 1.80. The van der Waals surface area contributed by atoms with Gasteiger partial charge in [-0.2, -0.15) is 0 Å². The molecule has 1 aromatic heterocycles. The third kappa shape index (κ3) is 5.02. The zero-order valence-corrected chi connectivity index (χ0v) is 18.5. The lowest BCUT2D eigenvalue weighted by Crippen LogP contribution is -2.10. The second-order valence-electron chi connectivity index (χ2n) is 6.98. The highest BCUT2D eigenvalue weighted by Gasteiger charge is 2.21. The fourth-order valence-electron chi connectivity index (χ4n) is 3.50. The number of nitrogen functional groups attached to an aromatic ring is 1. The molecule has 0 fully saturated rings. The molecule has 5 nitrogen and oxygen atoms in total. The van der Waals surface area contributed by atoms with Gasteiger partial charge in [0.15, 0.2) is 0 Å². The van der Waals surface area contributed by atoms with Crippen LogP contribution in [-0.4, -0.2) is 16.9 Å². The number of benzene rings is 2. The summed E-state index contributed by atoms with van der Waals surface area (Å²) in [4.78, 5) is 12.7. The van der Waals surface area contributed by atoms with E-state index in [1.807, 2.05) is 30.4 Å². The molecule has 2 heterocycles. The Balaban J connectivity index is 0.00000160. The third-order valence-electron chi connectivity index (χ3n) is 5.03. The fraction of sp³-hybridized carbons (Fsp3) is 0.182. The molecule has 3 aromatic rings. The van der Waals surface area contributed by atoms with Crippen molar-refractivity contribution in [3.05, 3.63) is 75.7 Å².